The first-order valence-electron chi connectivity index (χ1n) is 11.7. The summed E-state index contributed by atoms with van der Waals surface area (Å²) in [5.74, 6) is -5.05. The number of aliphatic carboxylic acids is 2. The van der Waals surface area contributed by atoms with Crippen molar-refractivity contribution in [1.82, 2.24) is 16.0 Å². The van der Waals surface area contributed by atoms with Gasteiger partial charge >= 0.3 is 11.9 Å². The Hall–Kier alpha value is -3.75. The number of amides is 3. The summed E-state index contributed by atoms with van der Waals surface area (Å²) in [6.45, 7) is -0.511. The number of benzene rings is 1. The molecule has 14 heteroatoms. The molecule has 4 atom stereocenters. The van der Waals surface area contributed by atoms with Crippen molar-refractivity contribution in [3.63, 3.8) is 0 Å². The molecule has 14 nitrogen and oxygen atoms in total. The number of aliphatic hydroxyl groups excluding tert-OH is 1. The standard InChI is InChI=1S/C23H35N5O9/c24-10-2-1-3-16(21(34)27-17(23(36)37)11-13-4-6-14(30)7-5-13)26-22(35)18(12-29)28-20(33)15(25)8-9-19(31)32/h4-7,15-18,29-30H,1-3,8-12,24-25H2,(H,26,35)(H,27,34)(H,28,33)(H,31,32)(H,36,37). The zero-order valence-corrected chi connectivity index (χ0v) is 20.3. The highest BCUT2D eigenvalue weighted by molar-refractivity contribution is 5.94. The maximum atomic E-state index is 12.9. The van der Waals surface area contributed by atoms with Crippen LogP contribution in [0.5, 0.6) is 5.75 Å². The van der Waals surface area contributed by atoms with Crippen molar-refractivity contribution in [3.05, 3.63) is 29.8 Å². The van der Waals surface area contributed by atoms with Crippen molar-refractivity contribution in [2.75, 3.05) is 13.2 Å². The van der Waals surface area contributed by atoms with Gasteiger partial charge in [0, 0.05) is 12.8 Å². The Kier molecular flexibility index (Phi) is 13.6. The Morgan fingerprint density at radius 2 is 1.38 bits per heavy atom. The summed E-state index contributed by atoms with van der Waals surface area (Å²) in [4.78, 5) is 60.2. The average molecular weight is 526 g/mol. The number of phenols is 1. The van der Waals surface area contributed by atoms with E-state index >= 15 is 0 Å². The van der Waals surface area contributed by atoms with Crippen LogP contribution in [0.15, 0.2) is 24.3 Å². The van der Waals surface area contributed by atoms with Crippen molar-refractivity contribution in [1.29, 1.82) is 0 Å². The fourth-order valence-corrected chi connectivity index (χ4v) is 3.26. The van der Waals surface area contributed by atoms with Gasteiger partial charge < -0.3 is 47.8 Å². The lowest BCUT2D eigenvalue weighted by Crippen LogP contribution is -2.58. The molecule has 0 saturated heterocycles. The summed E-state index contributed by atoms with van der Waals surface area (Å²) in [7, 11) is 0. The third-order valence-corrected chi connectivity index (χ3v) is 5.39. The number of carboxylic acid groups (broad SMARTS) is 2. The van der Waals surface area contributed by atoms with Gasteiger partial charge in [-0.25, -0.2) is 4.79 Å². The Balaban J connectivity index is 2.90. The number of nitrogens with one attached hydrogen (secondary N) is 3. The minimum absolute atomic E-state index is 0.00397. The number of hydrogen-bond acceptors (Lipinski definition) is 9. The van der Waals surface area contributed by atoms with Crippen LogP contribution in [0.1, 0.15) is 37.7 Å². The molecule has 0 spiro atoms. The highest BCUT2D eigenvalue weighted by Gasteiger charge is 2.30. The van der Waals surface area contributed by atoms with Crippen molar-refractivity contribution >= 4 is 29.7 Å². The van der Waals surface area contributed by atoms with Gasteiger partial charge in [0.05, 0.1) is 12.6 Å². The quantitative estimate of drug-likeness (QED) is 0.0985. The zero-order chi connectivity index (χ0) is 28.0. The van der Waals surface area contributed by atoms with E-state index in [1.165, 1.54) is 24.3 Å². The van der Waals surface area contributed by atoms with Gasteiger partial charge in [-0.05, 0) is 49.9 Å². The average Bonchev–Trinajstić information content (AvgIpc) is 2.85. The van der Waals surface area contributed by atoms with Crippen LogP contribution in [-0.2, 0) is 30.4 Å². The van der Waals surface area contributed by atoms with E-state index in [1.54, 1.807) is 0 Å². The molecule has 0 aliphatic carbocycles. The molecule has 0 radical (unpaired) electrons. The molecule has 0 aliphatic heterocycles. The maximum Gasteiger partial charge on any atom is 0.326 e. The lowest BCUT2D eigenvalue weighted by Gasteiger charge is -2.24. The zero-order valence-electron chi connectivity index (χ0n) is 20.3. The number of carbonyl (C=O) groups is 5. The van der Waals surface area contributed by atoms with Crippen molar-refractivity contribution in [2.45, 2.75) is 62.7 Å². The number of rotatable bonds is 17. The van der Waals surface area contributed by atoms with Crippen LogP contribution in [0, 0.1) is 0 Å². The molecular formula is C23H35N5O9. The SMILES string of the molecule is NCCCCC(NC(=O)C(CO)NC(=O)C(N)CCC(=O)O)C(=O)NC(Cc1ccc(O)cc1)C(=O)O. The normalized spacial score (nSPS) is 14.0. The summed E-state index contributed by atoms with van der Waals surface area (Å²) in [5, 5.41) is 44.3. The van der Waals surface area contributed by atoms with E-state index in [2.05, 4.69) is 16.0 Å². The van der Waals surface area contributed by atoms with Crippen molar-refractivity contribution in [3.8, 4) is 5.75 Å². The second kappa shape index (κ2) is 16.1. The smallest absolute Gasteiger partial charge is 0.326 e. The van der Waals surface area contributed by atoms with Crippen molar-refractivity contribution < 1.29 is 44.4 Å². The van der Waals surface area contributed by atoms with Crippen LogP contribution < -0.4 is 27.4 Å². The first-order valence-corrected chi connectivity index (χ1v) is 11.7. The van der Waals surface area contributed by atoms with Crippen LogP contribution in [0.3, 0.4) is 0 Å². The largest absolute Gasteiger partial charge is 0.508 e. The molecule has 0 aliphatic rings. The monoisotopic (exact) mass is 525 g/mol. The molecule has 1 aromatic rings. The van der Waals surface area contributed by atoms with Gasteiger partial charge in [-0.15, -0.1) is 0 Å². The minimum Gasteiger partial charge on any atom is -0.508 e. The Morgan fingerprint density at radius 3 is 1.92 bits per heavy atom. The Bertz CT molecular complexity index is 926. The van der Waals surface area contributed by atoms with E-state index < -0.39 is 60.4 Å². The molecule has 1 rings (SSSR count). The molecule has 0 saturated carbocycles. The molecule has 0 bridgehead atoms. The third kappa shape index (κ3) is 11.7. The molecule has 11 N–H and O–H groups in total. The summed E-state index contributed by atoms with van der Waals surface area (Å²) in [5.41, 5.74) is 11.7. The van der Waals surface area contributed by atoms with E-state index in [0.29, 0.717) is 24.9 Å². The fourth-order valence-electron chi connectivity index (χ4n) is 3.26. The number of carboxylic acids is 2. The second-order valence-corrected chi connectivity index (χ2v) is 8.40. The Labute approximate surface area is 213 Å². The minimum atomic E-state index is -1.49. The number of aliphatic hydroxyl groups is 1. The van der Waals surface area contributed by atoms with Crippen LogP contribution in [0.25, 0.3) is 0 Å². The predicted molar refractivity (Wildman–Crippen MR) is 130 cm³/mol. The van der Waals surface area contributed by atoms with Gasteiger partial charge in [0.15, 0.2) is 0 Å². The number of hydrogen-bond donors (Lipinski definition) is 9. The van der Waals surface area contributed by atoms with Crippen LogP contribution in [0.2, 0.25) is 0 Å². The van der Waals surface area contributed by atoms with Crippen LogP contribution in [-0.4, -0.2) is 87.4 Å². The molecule has 0 aromatic heterocycles. The number of unbranched alkanes of at least 4 members (excludes halogenated alkanes) is 1. The highest BCUT2D eigenvalue weighted by atomic mass is 16.4. The van der Waals surface area contributed by atoms with Gasteiger partial charge in [0.1, 0.15) is 23.9 Å². The van der Waals surface area contributed by atoms with E-state index in [9.17, 15) is 39.3 Å². The van der Waals surface area contributed by atoms with Crippen molar-refractivity contribution in [2.24, 2.45) is 11.5 Å². The maximum absolute atomic E-state index is 12.9. The molecule has 206 valence electrons. The van der Waals surface area contributed by atoms with Gasteiger partial charge in [-0.1, -0.05) is 12.1 Å². The fraction of sp³-hybridized carbons (Fsp3) is 0.522. The molecule has 3 amide bonds. The highest BCUT2D eigenvalue weighted by Crippen LogP contribution is 2.12. The molecule has 4 unspecified atom stereocenters. The number of phenolic OH excluding ortho intramolecular Hbond substituents is 1. The van der Waals surface area contributed by atoms with E-state index in [4.69, 9.17) is 16.6 Å². The number of nitrogens with two attached hydrogens (primary N) is 2. The predicted octanol–water partition coefficient (Wildman–Crippen LogP) is -2.21. The lowest BCUT2D eigenvalue weighted by molar-refractivity contribution is -0.142. The first kappa shape index (κ1) is 31.3. The van der Waals surface area contributed by atoms with Gasteiger partial charge in [0.2, 0.25) is 17.7 Å². The van der Waals surface area contributed by atoms with E-state index in [1.807, 2.05) is 0 Å². The topological polar surface area (TPSA) is 254 Å². The third-order valence-electron chi connectivity index (χ3n) is 5.39. The van der Waals surface area contributed by atoms with E-state index in [-0.39, 0.29) is 31.4 Å². The van der Waals surface area contributed by atoms with Gasteiger partial charge in [0.25, 0.3) is 0 Å². The molecule has 37 heavy (non-hydrogen) atoms. The summed E-state index contributed by atoms with van der Waals surface area (Å²) >= 11 is 0. The summed E-state index contributed by atoms with van der Waals surface area (Å²) in [6.07, 6.45) is 0.388. The molecule has 0 heterocycles. The number of carbonyl (C=O) groups excluding carboxylic acids is 3. The van der Waals surface area contributed by atoms with Gasteiger partial charge in [-0.3, -0.25) is 19.2 Å². The molecule has 1 aromatic carbocycles. The van der Waals surface area contributed by atoms with Crippen LogP contribution >= 0.6 is 0 Å². The lowest BCUT2D eigenvalue weighted by atomic mass is 10.0. The van der Waals surface area contributed by atoms with E-state index in [0.717, 1.165) is 0 Å². The Morgan fingerprint density at radius 1 is 0.811 bits per heavy atom. The number of aromatic hydroxyl groups is 1. The first-order chi connectivity index (χ1) is 17.5. The summed E-state index contributed by atoms with van der Waals surface area (Å²) in [6, 6.07) is 0.504. The van der Waals surface area contributed by atoms with Crippen LogP contribution in [0.4, 0.5) is 0 Å². The van der Waals surface area contributed by atoms with Gasteiger partial charge in [-0.2, -0.15) is 0 Å². The molecule has 0 fully saturated rings. The summed E-state index contributed by atoms with van der Waals surface area (Å²) < 4.78 is 0. The second-order valence-electron chi connectivity index (χ2n) is 8.40. The molecular weight excluding hydrogens is 490 g/mol.